The second-order valence-electron chi connectivity index (χ2n) is 11.4. The van der Waals surface area contributed by atoms with Gasteiger partial charge in [-0.2, -0.15) is 26.3 Å². The first-order chi connectivity index (χ1) is 19.9. The third-order valence-electron chi connectivity index (χ3n) is 8.18. The molecule has 2 fully saturated rings. The van der Waals surface area contributed by atoms with Gasteiger partial charge in [0.25, 0.3) is 0 Å². The van der Waals surface area contributed by atoms with E-state index in [-0.39, 0.29) is 23.5 Å². The molecular weight excluding hydrogens is 605 g/mol. The van der Waals surface area contributed by atoms with E-state index in [1.54, 1.807) is 12.1 Å². The van der Waals surface area contributed by atoms with E-state index in [1.165, 1.54) is 19.1 Å². The highest BCUT2D eigenvalue weighted by Gasteiger charge is 2.41. The highest BCUT2D eigenvalue weighted by atomic mass is 32.2. The number of sulfonamides is 1. The monoisotopic (exact) mass is 638 g/mol. The molecule has 3 unspecified atom stereocenters. The Kier molecular flexibility index (Phi) is 9.82. The van der Waals surface area contributed by atoms with Crippen LogP contribution in [0, 0.1) is 17.7 Å². The van der Waals surface area contributed by atoms with E-state index < -0.39 is 63.4 Å². The van der Waals surface area contributed by atoms with E-state index in [0.717, 1.165) is 11.8 Å². The number of ether oxygens (including phenoxy) is 1. The van der Waals surface area contributed by atoms with Crippen molar-refractivity contribution in [2.24, 2.45) is 11.8 Å². The quantitative estimate of drug-likeness (QED) is 0.344. The Morgan fingerprint density at radius 3 is 2.02 bits per heavy atom. The molecule has 1 saturated carbocycles. The summed E-state index contributed by atoms with van der Waals surface area (Å²) in [4.78, 5) is 14.4. The van der Waals surface area contributed by atoms with Gasteiger partial charge in [0.2, 0.25) is 15.9 Å². The first-order valence-electron chi connectivity index (χ1n) is 13.8. The zero-order valence-electron chi connectivity index (χ0n) is 23.5. The predicted octanol–water partition coefficient (Wildman–Crippen LogP) is 6.29. The molecule has 0 bridgehead atoms. The summed E-state index contributed by atoms with van der Waals surface area (Å²) >= 11 is 0. The van der Waals surface area contributed by atoms with E-state index in [0.29, 0.717) is 57.5 Å². The molecule has 6 nitrogen and oxygen atoms in total. The lowest BCUT2D eigenvalue weighted by atomic mass is 9.86. The standard InChI is InChI=1S/C29H33F7N2O4S/c1-17(21-13-22(28(31,32)33)15-23(14-21)29(34,35)36)42-25-8-5-20(26(25)18-3-6-24(30)7-4-18)16-38-11-9-19(10-12-38)27(39)37-43(2,40)41/h3-4,6-7,13-15,17,19-20,25-26H,5,8-12,16H2,1-2H3,(H,37,39)/t17-,20?,25?,26?/m1/s1. The molecule has 43 heavy (non-hydrogen) atoms. The molecule has 0 aromatic heterocycles. The van der Waals surface area contributed by atoms with Gasteiger partial charge in [0, 0.05) is 18.4 Å². The number of likely N-dealkylation sites (tertiary alicyclic amines) is 1. The number of hydrogen-bond acceptors (Lipinski definition) is 5. The van der Waals surface area contributed by atoms with Gasteiger partial charge in [-0.1, -0.05) is 12.1 Å². The zero-order chi connectivity index (χ0) is 31.7. The lowest BCUT2D eigenvalue weighted by Gasteiger charge is -2.35. The van der Waals surface area contributed by atoms with Crippen LogP contribution in [0.5, 0.6) is 0 Å². The third kappa shape index (κ3) is 8.69. The Labute approximate surface area is 245 Å². The van der Waals surface area contributed by atoms with Gasteiger partial charge in [0.15, 0.2) is 0 Å². The molecule has 1 saturated heterocycles. The summed E-state index contributed by atoms with van der Waals surface area (Å²) in [7, 11) is -3.67. The summed E-state index contributed by atoms with van der Waals surface area (Å²) in [5, 5.41) is 0. The number of carbonyl (C=O) groups excluding carboxylic acids is 1. The topological polar surface area (TPSA) is 75.7 Å². The summed E-state index contributed by atoms with van der Waals surface area (Å²) in [5.41, 5.74) is -2.34. The van der Waals surface area contributed by atoms with Crippen molar-refractivity contribution in [1.82, 2.24) is 9.62 Å². The van der Waals surface area contributed by atoms with Crippen molar-refractivity contribution in [1.29, 1.82) is 0 Å². The summed E-state index contributed by atoms with van der Waals surface area (Å²) in [6, 6.07) is 7.21. The number of halogens is 7. The number of carbonyl (C=O) groups is 1. The number of piperidine rings is 1. The summed E-state index contributed by atoms with van der Waals surface area (Å²) < 4.78 is 125. The lowest BCUT2D eigenvalue weighted by molar-refractivity contribution is -0.143. The van der Waals surface area contributed by atoms with Crippen molar-refractivity contribution in [2.45, 2.75) is 63.1 Å². The Balaban J connectivity index is 1.51. The fraction of sp³-hybridized carbons (Fsp3) is 0.552. The fourth-order valence-electron chi connectivity index (χ4n) is 6.10. The van der Waals surface area contributed by atoms with Gasteiger partial charge >= 0.3 is 12.4 Å². The van der Waals surface area contributed by atoms with E-state index in [1.807, 2.05) is 4.72 Å². The average Bonchev–Trinajstić information content (AvgIpc) is 3.28. The van der Waals surface area contributed by atoms with Crippen LogP contribution in [0.25, 0.3) is 0 Å². The Hall–Kier alpha value is -2.71. The van der Waals surface area contributed by atoms with Crippen molar-refractivity contribution >= 4 is 15.9 Å². The minimum Gasteiger partial charge on any atom is -0.370 e. The summed E-state index contributed by atoms with van der Waals surface area (Å²) in [6.45, 7) is 3.04. The SMILES string of the molecule is C[C@@H](OC1CCC(CN2CCC(C(=O)NS(C)(=O)=O)CC2)C1c1ccc(F)cc1)c1cc(C(F)(F)F)cc(C(F)(F)F)c1. The normalized spacial score (nSPS) is 23.3. The van der Waals surface area contributed by atoms with Crippen LogP contribution in [0.4, 0.5) is 30.7 Å². The van der Waals surface area contributed by atoms with Gasteiger partial charge in [0.1, 0.15) is 5.82 Å². The Morgan fingerprint density at radius 2 is 1.51 bits per heavy atom. The zero-order valence-corrected chi connectivity index (χ0v) is 24.3. The number of rotatable bonds is 8. The molecule has 2 aromatic rings. The molecule has 2 aliphatic rings. The number of nitrogens with zero attached hydrogens (tertiary/aromatic N) is 1. The smallest absolute Gasteiger partial charge is 0.370 e. The molecule has 4 atom stereocenters. The maximum Gasteiger partial charge on any atom is 0.416 e. The fourth-order valence-corrected chi connectivity index (χ4v) is 6.63. The molecule has 4 rings (SSSR count). The van der Waals surface area contributed by atoms with Crippen molar-refractivity contribution < 1.29 is 48.7 Å². The van der Waals surface area contributed by atoms with Crippen molar-refractivity contribution in [3.05, 3.63) is 70.5 Å². The van der Waals surface area contributed by atoms with Crippen molar-refractivity contribution in [3.8, 4) is 0 Å². The molecule has 1 aliphatic heterocycles. The minimum absolute atomic E-state index is 0.0312. The largest absolute Gasteiger partial charge is 0.416 e. The third-order valence-corrected chi connectivity index (χ3v) is 8.75. The molecular formula is C29H33F7N2O4S. The van der Waals surface area contributed by atoms with E-state index >= 15 is 0 Å². The molecule has 238 valence electrons. The average molecular weight is 639 g/mol. The van der Waals surface area contributed by atoms with Crippen LogP contribution in [-0.4, -0.2) is 51.2 Å². The lowest BCUT2D eigenvalue weighted by Crippen LogP contribution is -2.43. The molecule has 0 spiro atoms. The van der Waals surface area contributed by atoms with E-state index in [4.69, 9.17) is 4.74 Å². The molecule has 1 N–H and O–H groups in total. The van der Waals surface area contributed by atoms with Crippen LogP contribution >= 0.6 is 0 Å². The minimum atomic E-state index is -4.98. The summed E-state index contributed by atoms with van der Waals surface area (Å²) in [6.07, 6.45) is -8.69. The van der Waals surface area contributed by atoms with E-state index in [2.05, 4.69) is 4.90 Å². The van der Waals surface area contributed by atoms with Crippen LogP contribution in [0.3, 0.4) is 0 Å². The maximum atomic E-state index is 13.8. The van der Waals surface area contributed by atoms with E-state index in [9.17, 15) is 43.9 Å². The van der Waals surface area contributed by atoms with Gasteiger partial charge in [-0.25, -0.2) is 12.8 Å². The van der Waals surface area contributed by atoms with Gasteiger partial charge in [0.05, 0.1) is 29.6 Å². The van der Waals surface area contributed by atoms with Crippen LogP contribution in [0.2, 0.25) is 0 Å². The van der Waals surface area contributed by atoms with Gasteiger partial charge in [-0.15, -0.1) is 0 Å². The van der Waals surface area contributed by atoms with Crippen molar-refractivity contribution in [2.75, 3.05) is 25.9 Å². The first kappa shape index (κ1) is 33.2. The first-order valence-corrected chi connectivity index (χ1v) is 15.7. The van der Waals surface area contributed by atoms with Crippen LogP contribution in [0.15, 0.2) is 42.5 Å². The summed E-state index contributed by atoms with van der Waals surface area (Å²) in [5.74, 6) is -1.80. The predicted molar refractivity (Wildman–Crippen MR) is 144 cm³/mol. The van der Waals surface area contributed by atoms with Crippen LogP contribution in [0.1, 0.15) is 66.9 Å². The van der Waals surface area contributed by atoms with Crippen molar-refractivity contribution in [3.63, 3.8) is 0 Å². The number of amides is 1. The highest BCUT2D eigenvalue weighted by Crippen LogP contribution is 2.45. The number of nitrogens with one attached hydrogen (secondary N) is 1. The van der Waals surface area contributed by atoms with Gasteiger partial charge in [-0.3, -0.25) is 9.52 Å². The second-order valence-corrected chi connectivity index (χ2v) is 13.1. The second kappa shape index (κ2) is 12.7. The molecule has 0 radical (unpaired) electrons. The number of hydrogen-bond donors (Lipinski definition) is 1. The Bertz CT molecular complexity index is 1360. The molecule has 1 amide bonds. The van der Waals surface area contributed by atoms with Crippen LogP contribution in [-0.2, 0) is 31.9 Å². The Morgan fingerprint density at radius 1 is 0.953 bits per heavy atom. The van der Waals surface area contributed by atoms with Gasteiger partial charge in [-0.05, 0) is 93.1 Å². The number of benzene rings is 2. The highest BCUT2D eigenvalue weighted by molar-refractivity contribution is 7.89. The molecule has 2 aromatic carbocycles. The van der Waals surface area contributed by atoms with Crippen LogP contribution < -0.4 is 4.72 Å². The number of alkyl halides is 6. The molecule has 14 heteroatoms. The molecule has 1 heterocycles. The van der Waals surface area contributed by atoms with Gasteiger partial charge < -0.3 is 9.64 Å². The molecule has 1 aliphatic carbocycles. The maximum absolute atomic E-state index is 13.8.